The van der Waals surface area contributed by atoms with Crippen molar-refractivity contribution in [3.8, 4) is 0 Å². The molecule has 0 aromatic heterocycles. The van der Waals surface area contributed by atoms with Gasteiger partial charge in [0, 0.05) is 26.2 Å². The molecule has 0 aromatic carbocycles. The molecule has 9 heteroatoms. The number of methoxy groups -OCH3 is 1. The monoisotopic (exact) mass is 331 g/mol. The van der Waals surface area contributed by atoms with Crippen LogP contribution in [0, 0.1) is 5.92 Å². The summed E-state index contributed by atoms with van der Waals surface area (Å²) in [5.74, 6) is -0.101. The molecule has 0 aromatic rings. The minimum atomic E-state index is -3.63. The maximum absolute atomic E-state index is 12.0. The summed E-state index contributed by atoms with van der Waals surface area (Å²) in [5.41, 5.74) is 5.55. The molecule has 7 nitrogen and oxygen atoms in total. The predicted molar refractivity (Wildman–Crippen MR) is 80.9 cm³/mol. The highest BCUT2D eigenvalue weighted by atomic mass is 35.5. The van der Waals surface area contributed by atoms with Gasteiger partial charge in [-0.15, -0.1) is 12.4 Å². The summed E-state index contributed by atoms with van der Waals surface area (Å²) in [5, 5.41) is 0. The van der Waals surface area contributed by atoms with Gasteiger partial charge >= 0.3 is 5.97 Å². The number of rotatable bonds is 9. The van der Waals surface area contributed by atoms with Crippen LogP contribution in [0.2, 0.25) is 0 Å². The van der Waals surface area contributed by atoms with Crippen LogP contribution in [0.4, 0.5) is 0 Å². The van der Waals surface area contributed by atoms with Crippen LogP contribution in [0.5, 0.6) is 0 Å². The Morgan fingerprint density at radius 1 is 1.40 bits per heavy atom. The van der Waals surface area contributed by atoms with Gasteiger partial charge in [-0.1, -0.05) is 13.8 Å². The van der Waals surface area contributed by atoms with Crippen molar-refractivity contribution in [1.82, 2.24) is 9.03 Å². The summed E-state index contributed by atoms with van der Waals surface area (Å²) in [6.07, 6.45) is 0.686. The van der Waals surface area contributed by atoms with Gasteiger partial charge in [0.25, 0.3) is 10.2 Å². The van der Waals surface area contributed by atoms with Crippen LogP contribution in [0.1, 0.15) is 26.7 Å². The summed E-state index contributed by atoms with van der Waals surface area (Å²) in [4.78, 5) is 11.0. The number of nitrogens with zero attached hydrogens (tertiary/aromatic N) is 1. The van der Waals surface area contributed by atoms with Crippen LogP contribution < -0.4 is 10.5 Å². The van der Waals surface area contributed by atoms with Gasteiger partial charge in [-0.2, -0.15) is 17.4 Å². The van der Waals surface area contributed by atoms with Crippen molar-refractivity contribution in [2.75, 3.05) is 27.2 Å². The first kappa shape index (κ1) is 21.9. The van der Waals surface area contributed by atoms with E-state index in [-0.39, 0.29) is 38.0 Å². The number of ether oxygens (including phenoxy) is 1. The summed E-state index contributed by atoms with van der Waals surface area (Å²) in [6, 6.07) is -0.300. The average molecular weight is 332 g/mol. The Labute approximate surface area is 127 Å². The van der Waals surface area contributed by atoms with E-state index >= 15 is 0 Å². The van der Waals surface area contributed by atoms with Gasteiger partial charge in [-0.05, 0) is 12.3 Å². The van der Waals surface area contributed by atoms with E-state index < -0.39 is 16.2 Å². The van der Waals surface area contributed by atoms with Crippen molar-refractivity contribution in [1.29, 1.82) is 0 Å². The number of nitrogens with one attached hydrogen (secondary N) is 1. The number of esters is 1. The molecule has 0 saturated heterocycles. The molecule has 122 valence electrons. The molecule has 3 N–H and O–H groups in total. The van der Waals surface area contributed by atoms with E-state index in [4.69, 9.17) is 5.73 Å². The maximum Gasteiger partial charge on any atom is 0.306 e. The number of carbonyl (C=O) groups is 1. The molecule has 0 bridgehead atoms. The summed E-state index contributed by atoms with van der Waals surface area (Å²) in [7, 11) is -0.949. The SMILES string of the molecule is COC(=O)CCN(C)S(=O)(=O)NC(CN)CC(C)C.Cl. The van der Waals surface area contributed by atoms with E-state index in [0.29, 0.717) is 12.3 Å². The number of hydrogen-bond donors (Lipinski definition) is 2. The Bertz CT molecular complexity index is 376. The molecule has 0 saturated carbocycles. The zero-order chi connectivity index (χ0) is 15.1. The van der Waals surface area contributed by atoms with Gasteiger partial charge < -0.3 is 10.5 Å². The Balaban J connectivity index is 0. The zero-order valence-corrected chi connectivity index (χ0v) is 14.1. The molecule has 0 fully saturated rings. The maximum atomic E-state index is 12.0. The number of halogens is 1. The van der Waals surface area contributed by atoms with Crippen LogP contribution in [0.3, 0.4) is 0 Å². The normalized spacial score (nSPS) is 13.2. The number of hydrogen-bond acceptors (Lipinski definition) is 5. The van der Waals surface area contributed by atoms with E-state index in [9.17, 15) is 13.2 Å². The smallest absolute Gasteiger partial charge is 0.306 e. The first-order valence-electron chi connectivity index (χ1n) is 6.23. The lowest BCUT2D eigenvalue weighted by atomic mass is 10.1. The quantitative estimate of drug-likeness (QED) is 0.584. The molecule has 20 heavy (non-hydrogen) atoms. The van der Waals surface area contributed by atoms with Crippen LogP contribution in [-0.2, 0) is 19.7 Å². The number of nitrogens with two attached hydrogens (primary N) is 1. The third kappa shape index (κ3) is 8.70. The molecular formula is C11H26ClN3O4S. The van der Waals surface area contributed by atoms with Gasteiger partial charge in [0.15, 0.2) is 0 Å². The molecule has 0 aliphatic heterocycles. The van der Waals surface area contributed by atoms with Crippen molar-refractivity contribution < 1.29 is 17.9 Å². The van der Waals surface area contributed by atoms with E-state index in [2.05, 4.69) is 9.46 Å². The standard InChI is InChI=1S/C11H25N3O4S.ClH/c1-9(2)7-10(8-12)13-19(16,17)14(3)6-5-11(15)18-4;/h9-10,13H,5-8,12H2,1-4H3;1H. The molecular weight excluding hydrogens is 306 g/mol. The fourth-order valence-electron chi connectivity index (χ4n) is 1.53. The molecule has 0 rings (SSSR count). The van der Waals surface area contributed by atoms with E-state index in [1.807, 2.05) is 13.8 Å². The lowest BCUT2D eigenvalue weighted by Crippen LogP contribution is -2.47. The van der Waals surface area contributed by atoms with E-state index in [0.717, 1.165) is 4.31 Å². The van der Waals surface area contributed by atoms with Crippen LogP contribution in [0.15, 0.2) is 0 Å². The van der Waals surface area contributed by atoms with Crippen molar-refractivity contribution in [3.05, 3.63) is 0 Å². The van der Waals surface area contributed by atoms with Crippen molar-refractivity contribution in [3.63, 3.8) is 0 Å². The Morgan fingerprint density at radius 2 is 1.95 bits per heavy atom. The molecule has 0 amide bonds. The molecule has 0 spiro atoms. The first-order chi connectivity index (χ1) is 8.72. The summed E-state index contributed by atoms with van der Waals surface area (Å²) >= 11 is 0. The third-order valence-electron chi connectivity index (χ3n) is 2.62. The zero-order valence-electron chi connectivity index (χ0n) is 12.5. The highest BCUT2D eigenvalue weighted by molar-refractivity contribution is 7.87. The van der Waals surface area contributed by atoms with Crippen molar-refractivity contribution in [2.24, 2.45) is 11.7 Å². The Kier molecular flexibility index (Phi) is 11.3. The van der Waals surface area contributed by atoms with Gasteiger partial charge in [-0.3, -0.25) is 4.79 Å². The third-order valence-corrected chi connectivity index (χ3v) is 4.26. The first-order valence-corrected chi connectivity index (χ1v) is 7.67. The highest BCUT2D eigenvalue weighted by Crippen LogP contribution is 2.06. The second-order valence-electron chi connectivity index (χ2n) is 4.83. The minimum Gasteiger partial charge on any atom is -0.469 e. The summed E-state index contributed by atoms with van der Waals surface area (Å²) < 4.78 is 32.1. The molecule has 1 atom stereocenters. The number of carbonyl (C=O) groups excluding carboxylic acids is 1. The van der Waals surface area contributed by atoms with E-state index in [1.54, 1.807) is 0 Å². The second-order valence-corrected chi connectivity index (χ2v) is 6.64. The highest BCUT2D eigenvalue weighted by Gasteiger charge is 2.22. The van der Waals surface area contributed by atoms with Gasteiger partial charge in [0.2, 0.25) is 0 Å². The Hall–Kier alpha value is -0.410. The molecule has 1 unspecified atom stereocenters. The Morgan fingerprint density at radius 3 is 2.35 bits per heavy atom. The lowest BCUT2D eigenvalue weighted by molar-refractivity contribution is -0.140. The van der Waals surface area contributed by atoms with Crippen LogP contribution in [0.25, 0.3) is 0 Å². The topological polar surface area (TPSA) is 102 Å². The van der Waals surface area contributed by atoms with Gasteiger partial charge in [0.05, 0.1) is 13.5 Å². The molecule has 0 aliphatic carbocycles. The van der Waals surface area contributed by atoms with Crippen molar-refractivity contribution >= 4 is 28.6 Å². The fourth-order valence-corrected chi connectivity index (χ4v) is 2.66. The largest absolute Gasteiger partial charge is 0.469 e. The lowest BCUT2D eigenvalue weighted by Gasteiger charge is -2.23. The second kappa shape index (κ2) is 10.3. The van der Waals surface area contributed by atoms with Gasteiger partial charge in [0.1, 0.15) is 0 Å². The van der Waals surface area contributed by atoms with E-state index in [1.165, 1.54) is 14.2 Å². The molecule has 0 aliphatic rings. The molecule has 0 radical (unpaired) electrons. The fraction of sp³-hybridized carbons (Fsp3) is 0.909. The van der Waals surface area contributed by atoms with Crippen LogP contribution >= 0.6 is 12.4 Å². The minimum absolute atomic E-state index is 0. The molecule has 0 heterocycles. The predicted octanol–water partition coefficient (Wildman–Crippen LogP) is 0.111. The van der Waals surface area contributed by atoms with Crippen molar-refractivity contribution in [2.45, 2.75) is 32.7 Å². The summed E-state index contributed by atoms with van der Waals surface area (Å²) in [6.45, 7) is 4.30. The van der Waals surface area contributed by atoms with Crippen LogP contribution in [-0.4, -0.2) is 52.0 Å². The van der Waals surface area contributed by atoms with Gasteiger partial charge in [-0.25, -0.2) is 0 Å². The average Bonchev–Trinajstić information content (AvgIpc) is 2.33.